The summed E-state index contributed by atoms with van der Waals surface area (Å²) in [5.74, 6) is -0.942. The van der Waals surface area contributed by atoms with Crippen molar-refractivity contribution in [2.75, 3.05) is 19.6 Å². The maximum Gasteiger partial charge on any atom is 0.307 e. The number of carbonyl (C=O) groups is 2. The van der Waals surface area contributed by atoms with E-state index in [-0.39, 0.29) is 18.5 Å². The molecule has 106 valence electrons. The highest BCUT2D eigenvalue weighted by Gasteiger charge is 2.18. The summed E-state index contributed by atoms with van der Waals surface area (Å²) in [5.41, 5.74) is 0. The van der Waals surface area contributed by atoms with Gasteiger partial charge < -0.3 is 10.4 Å². The van der Waals surface area contributed by atoms with Crippen molar-refractivity contribution in [3.05, 3.63) is 0 Å². The average molecular weight is 258 g/mol. The molecule has 5 heteroatoms. The zero-order chi connectivity index (χ0) is 14.3. The number of nitrogens with zero attached hydrogens (tertiary/aromatic N) is 1. The second-order valence-corrected chi connectivity index (χ2v) is 5.17. The van der Waals surface area contributed by atoms with Gasteiger partial charge in [-0.1, -0.05) is 27.7 Å². The van der Waals surface area contributed by atoms with Gasteiger partial charge in [0.05, 0.1) is 12.5 Å². The zero-order valence-electron chi connectivity index (χ0n) is 12.1. The minimum absolute atomic E-state index is 0.0457. The van der Waals surface area contributed by atoms with Gasteiger partial charge in [-0.3, -0.25) is 14.5 Å². The van der Waals surface area contributed by atoms with Gasteiger partial charge in [-0.2, -0.15) is 0 Å². The molecule has 0 spiro atoms. The fourth-order valence-electron chi connectivity index (χ4n) is 1.44. The minimum atomic E-state index is -0.829. The molecule has 0 aromatic heterocycles. The van der Waals surface area contributed by atoms with E-state index in [1.807, 2.05) is 18.7 Å². The molecule has 18 heavy (non-hydrogen) atoms. The molecular weight excluding hydrogens is 232 g/mol. The highest BCUT2D eigenvalue weighted by atomic mass is 16.4. The van der Waals surface area contributed by atoms with E-state index < -0.39 is 11.9 Å². The molecule has 0 aromatic carbocycles. The SMILES string of the molecule is CCN(CC(=O)NC(C)C(C)C)CC(C)C(=O)O. The van der Waals surface area contributed by atoms with Crippen LogP contribution in [0.2, 0.25) is 0 Å². The van der Waals surface area contributed by atoms with Crippen LogP contribution in [-0.2, 0) is 9.59 Å². The fraction of sp³-hybridized carbons (Fsp3) is 0.846. The first kappa shape index (κ1) is 16.9. The van der Waals surface area contributed by atoms with Crippen LogP contribution in [0.4, 0.5) is 0 Å². The van der Waals surface area contributed by atoms with Crippen molar-refractivity contribution < 1.29 is 14.7 Å². The smallest absolute Gasteiger partial charge is 0.307 e. The van der Waals surface area contributed by atoms with Crippen LogP contribution < -0.4 is 5.32 Å². The van der Waals surface area contributed by atoms with Gasteiger partial charge in [-0.25, -0.2) is 0 Å². The van der Waals surface area contributed by atoms with E-state index in [4.69, 9.17) is 5.11 Å². The summed E-state index contributed by atoms with van der Waals surface area (Å²) in [7, 11) is 0. The molecule has 0 fully saturated rings. The first-order valence-corrected chi connectivity index (χ1v) is 6.52. The van der Waals surface area contributed by atoms with Crippen LogP contribution in [0.15, 0.2) is 0 Å². The van der Waals surface area contributed by atoms with Gasteiger partial charge in [0.1, 0.15) is 0 Å². The van der Waals surface area contributed by atoms with Crippen molar-refractivity contribution in [2.24, 2.45) is 11.8 Å². The monoisotopic (exact) mass is 258 g/mol. The predicted molar refractivity (Wildman–Crippen MR) is 71.4 cm³/mol. The quantitative estimate of drug-likeness (QED) is 0.686. The number of aliphatic carboxylic acids is 1. The second kappa shape index (κ2) is 8.08. The number of carbonyl (C=O) groups excluding carboxylic acids is 1. The maximum atomic E-state index is 11.8. The molecule has 0 bridgehead atoms. The summed E-state index contributed by atoms with van der Waals surface area (Å²) in [4.78, 5) is 24.4. The Bertz CT molecular complexity index is 279. The standard InChI is InChI=1S/C13H26N2O3/c1-6-15(7-10(4)13(17)18)8-12(16)14-11(5)9(2)3/h9-11H,6-8H2,1-5H3,(H,14,16)(H,17,18). The summed E-state index contributed by atoms with van der Waals surface area (Å²) in [6.07, 6.45) is 0. The number of carboxylic acids is 1. The van der Waals surface area contributed by atoms with Crippen molar-refractivity contribution in [2.45, 2.75) is 40.7 Å². The predicted octanol–water partition coefficient (Wildman–Crippen LogP) is 1.19. The van der Waals surface area contributed by atoms with Gasteiger partial charge in [0.2, 0.25) is 5.91 Å². The molecule has 0 aliphatic heterocycles. The Balaban J connectivity index is 4.20. The molecular formula is C13H26N2O3. The van der Waals surface area contributed by atoms with E-state index in [2.05, 4.69) is 19.2 Å². The summed E-state index contributed by atoms with van der Waals surface area (Å²) >= 11 is 0. The number of hydrogen-bond acceptors (Lipinski definition) is 3. The topological polar surface area (TPSA) is 69.6 Å². The minimum Gasteiger partial charge on any atom is -0.481 e. The van der Waals surface area contributed by atoms with Crippen LogP contribution >= 0.6 is 0 Å². The molecule has 0 rings (SSSR count). The molecule has 2 atom stereocenters. The van der Waals surface area contributed by atoms with E-state index in [9.17, 15) is 9.59 Å². The molecule has 5 nitrogen and oxygen atoms in total. The lowest BCUT2D eigenvalue weighted by Crippen LogP contribution is -2.44. The van der Waals surface area contributed by atoms with Gasteiger partial charge in [0.15, 0.2) is 0 Å². The van der Waals surface area contributed by atoms with E-state index in [0.717, 1.165) is 0 Å². The van der Waals surface area contributed by atoms with E-state index in [0.29, 0.717) is 19.0 Å². The van der Waals surface area contributed by atoms with Crippen LogP contribution in [0.1, 0.15) is 34.6 Å². The molecule has 0 saturated carbocycles. The number of likely N-dealkylation sites (N-methyl/N-ethyl adjacent to an activating group) is 1. The summed E-state index contributed by atoms with van der Waals surface area (Å²) in [6.45, 7) is 11.0. The third-order valence-corrected chi connectivity index (χ3v) is 3.16. The third-order valence-electron chi connectivity index (χ3n) is 3.16. The first-order chi connectivity index (χ1) is 8.27. The highest BCUT2D eigenvalue weighted by molar-refractivity contribution is 5.78. The first-order valence-electron chi connectivity index (χ1n) is 6.52. The second-order valence-electron chi connectivity index (χ2n) is 5.17. The molecule has 0 aromatic rings. The zero-order valence-corrected chi connectivity index (χ0v) is 12.1. The Morgan fingerprint density at radius 3 is 2.17 bits per heavy atom. The molecule has 0 saturated heterocycles. The largest absolute Gasteiger partial charge is 0.481 e. The van der Waals surface area contributed by atoms with Gasteiger partial charge in [-0.05, 0) is 19.4 Å². The number of hydrogen-bond donors (Lipinski definition) is 2. The highest BCUT2D eigenvalue weighted by Crippen LogP contribution is 2.02. The van der Waals surface area contributed by atoms with Crippen LogP contribution in [0, 0.1) is 11.8 Å². The normalized spacial score (nSPS) is 14.6. The van der Waals surface area contributed by atoms with E-state index >= 15 is 0 Å². The average Bonchev–Trinajstić information content (AvgIpc) is 2.27. The van der Waals surface area contributed by atoms with Gasteiger partial charge in [-0.15, -0.1) is 0 Å². The molecule has 2 N–H and O–H groups in total. The van der Waals surface area contributed by atoms with Gasteiger partial charge >= 0.3 is 5.97 Å². The lowest BCUT2D eigenvalue weighted by Gasteiger charge is -2.24. The van der Waals surface area contributed by atoms with Crippen LogP contribution in [0.25, 0.3) is 0 Å². The maximum absolute atomic E-state index is 11.8. The summed E-state index contributed by atoms with van der Waals surface area (Å²) in [5, 5.41) is 11.8. The van der Waals surface area contributed by atoms with Crippen LogP contribution in [0.3, 0.4) is 0 Å². The Morgan fingerprint density at radius 2 is 1.78 bits per heavy atom. The number of amides is 1. The van der Waals surface area contributed by atoms with Crippen molar-refractivity contribution in [3.8, 4) is 0 Å². The summed E-state index contributed by atoms with van der Waals surface area (Å²) in [6, 6.07) is 0.133. The molecule has 0 heterocycles. The number of carboxylic acid groups (broad SMARTS) is 1. The Hall–Kier alpha value is -1.10. The lowest BCUT2D eigenvalue weighted by atomic mass is 10.1. The van der Waals surface area contributed by atoms with Crippen LogP contribution in [0.5, 0.6) is 0 Å². The lowest BCUT2D eigenvalue weighted by molar-refractivity contribution is -0.142. The van der Waals surface area contributed by atoms with Gasteiger partial charge in [0.25, 0.3) is 0 Å². The Kier molecular flexibility index (Phi) is 7.59. The fourth-order valence-corrected chi connectivity index (χ4v) is 1.44. The van der Waals surface area contributed by atoms with Crippen molar-refractivity contribution in [1.29, 1.82) is 0 Å². The van der Waals surface area contributed by atoms with Gasteiger partial charge in [0, 0.05) is 12.6 Å². The molecule has 0 radical (unpaired) electrons. The van der Waals surface area contributed by atoms with Crippen molar-refractivity contribution in [1.82, 2.24) is 10.2 Å². The number of nitrogens with one attached hydrogen (secondary N) is 1. The summed E-state index contributed by atoms with van der Waals surface area (Å²) < 4.78 is 0. The van der Waals surface area contributed by atoms with Crippen LogP contribution in [-0.4, -0.2) is 47.6 Å². The Labute approximate surface area is 110 Å². The van der Waals surface area contributed by atoms with E-state index in [1.165, 1.54) is 0 Å². The molecule has 2 unspecified atom stereocenters. The van der Waals surface area contributed by atoms with Crippen molar-refractivity contribution in [3.63, 3.8) is 0 Å². The number of rotatable bonds is 8. The van der Waals surface area contributed by atoms with Crippen molar-refractivity contribution >= 4 is 11.9 Å². The molecule has 0 aliphatic carbocycles. The molecule has 1 amide bonds. The third kappa shape index (κ3) is 6.59. The molecule has 0 aliphatic rings. The Morgan fingerprint density at radius 1 is 1.22 bits per heavy atom. The van der Waals surface area contributed by atoms with E-state index in [1.54, 1.807) is 6.92 Å².